The van der Waals surface area contributed by atoms with Gasteiger partial charge in [-0.15, -0.1) is 0 Å². The molecule has 82 valence electrons. The number of benzene rings is 1. The summed E-state index contributed by atoms with van der Waals surface area (Å²) in [6, 6.07) is 10.1. The van der Waals surface area contributed by atoms with E-state index < -0.39 is 6.29 Å². The van der Waals surface area contributed by atoms with Gasteiger partial charge in [0, 0.05) is 6.42 Å². The molecule has 0 amide bonds. The summed E-state index contributed by atoms with van der Waals surface area (Å²) in [6.07, 6.45) is 1.06. The predicted molar refractivity (Wildman–Crippen MR) is 56.2 cm³/mol. The summed E-state index contributed by atoms with van der Waals surface area (Å²) >= 11 is 0. The molecule has 2 atom stereocenters. The highest BCUT2D eigenvalue weighted by Gasteiger charge is 2.19. The highest BCUT2D eigenvalue weighted by atomic mass is 16.6. The van der Waals surface area contributed by atoms with Crippen LogP contribution < -0.4 is 0 Å². The Hall–Kier alpha value is -0.900. The summed E-state index contributed by atoms with van der Waals surface area (Å²) in [5, 5.41) is 9.13. The molecule has 1 heterocycles. The Kier molecular flexibility index (Phi) is 3.72. The molecule has 0 bridgehead atoms. The third-order valence-corrected chi connectivity index (χ3v) is 2.54. The molecule has 3 heteroatoms. The second-order valence-corrected chi connectivity index (χ2v) is 3.78. The fraction of sp³-hybridized carbons (Fsp3) is 0.500. The Morgan fingerprint density at radius 3 is 2.73 bits per heavy atom. The van der Waals surface area contributed by atoms with Crippen LogP contribution in [0.1, 0.15) is 18.4 Å². The summed E-state index contributed by atoms with van der Waals surface area (Å²) in [5.41, 5.74) is 1.17. The predicted octanol–water partition coefficient (Wildman–Crippen LogP) is 1.70. The van der Waals surface area contributed by atoms with Crippen LogP contribution in [0.3, 0.4) is 0 Å². The molecular formula is C12H16O3. The van der Waals surface area contributed by atoms with Crippen LogP contribution in [0.2, 0.25) is 0 Å². The van der Waals surface area contributed by atoms with E-state index in [0.29, 0.717) is 19.6 Å². The maximum Gasteiger partial charge on any atom is 0.154 e. The monoisotopic (exact) mass is 208 g/mol. The molecule has 0 spiro atoms. The lowest BCUT2D eigenvalue weighted by atomic mass is 10.1. The van der Waals surface area contributed by atoms with Gasteiger partial charge in [0.05, 0.1) is 19.3 Å². The normalized spacial score (nSPS) is 26.5. The second kappa shape index (κ2) is 5.26. The van der Waals surface area contributed by atoms with Crippen LogP contribution in [-0.4, -0.2) is 24.1 Å². The maximum atomic E-state index is 9.13. The molecule has 2 rings (SSSR count). The minimum absolute atomic E-state index is 0.119. The lowest BCUT2D eigenvalue weighted by Gasteiger charge is -2.25. The van der Waals surface area contributed by atoms with E-state index in [-0.39, 0.29) is 6.10 Å². The molecule has 1 aliphatic heterocycles. The quantitative estimate of drug-likeness (QED) is 0.821. The van der Waals surface area contributed by atoms with Crippen molar-refractivity contribution in [1.29, 1.82) is 0 Å². The zero-order chi connectivity index (χ0) is 10.5. The van der Waals surface area contributed by atoms with Gasteiger partial charge in [0.1, 0.15) is 0 Å². The lowest BCUT2D eigenvalue weighted by molar-refractivity contribution is -0.169. The van der Waals surface area contributed by atoms with Crippen LogP contribution in [0.5, 0.6) is 0 Å². The van der Waals surface area contributed by atoms with E-state index >= 15 is 0 Å². The van der Waals surface area contributed by atoms with Gasteiger partial charge in [-0.05, 0) is 12.0 Å². The molecule has 1 aromatic rings. The smallest absolute Gasteiger partial charge is 0.154 e. The molecule has 1 N–H and O–H groups in total. The van der Waals surface area contributed by atoms with Gasteiger partial charge in [-0.1, -0.05) is 30.3 Å². The van der Waals surface area contributed by atoms with Crippen LogP contribution in [-0.2, 0) is 16.1 Å². The van der Waals surface area contributed by atoms with E-state index in [0.717, 1.165) is 6.42 Å². The number of ether oxygens (including phenoxy) is 2. The molecule has 0 unspecified atom stereocenters. The summed E-state index contributed by atoms with van der Waals surface area (Å²) in [4.78, 5) is 0. The molecule has 1 fully saturated rings. The Morgan fingerprint density at radius 2 is 2.07 bits per heavy atom. The standard InChI is InChI=1S/C12H16O3/c13-12-7-6-11(9-15-12)14-8-10-4-2-1-3-5-10/h1-5,11-13H,6-9H2/t11-,12-/m0/s1. The highest BCUT2D eigenvalue weighted by Crippen LogP contribution is 2.15. The van der Waals surface area contributed by atoms with E-state index in [1.54, 1.807) is 0 Å². The molecule has 1 aliphatic rings. The molecule has 0 aliphatic carbocycles. The average molecular weight is 208 g/mol. The Morgan fingerprint density at radius 1 is 1.27 bits per heavy atom. The zero-order valence-electron chi connectivity index (χ0n) is 8.63. The van der Waals surface area contributed by atoms with Crippen molar-refractivity contribution in [1.82, 2.24) is 0 Å². The molecule has 1 saturated heterocycles. The van der Waals surface area contributed by atoms with Crippen molar-refractivity contribution < 1.29 is 14.6 Å². The fourth-order valence-corrected chi connectivity index (χ4v) is 1.63. The first-order valence-corrected chi connectivity index (χ1v) is 5.30. The number of aliphatic hydroxyl groups excluding tert-OH is 1. The number of aliphatic hydroxyl groups is 1. The minimum atomic E-state index is -0.596. The van der Waals surface area contributed by atoms with E-state index in [4.69, 9.17) is 14.6 Å². The van der Waals surface area contributed by atoms with Crippen molar-refractivity contribution in [3.63, 3.8) is 0 Å². The third-order valence-electron chi connectivity index (χ3n) is 2.54. The van der Waals surface area contributed by atoms with Gasteiger partial charge < -0.3 is 14.6 Å². The Balaban J connectivity index is 1.74. The van der Waals surface area contributed by atoms with Gasteiger partial charge in [-0.2, -0.15) is 0 Å². The lowest BCUT2D eigenvalue weighted by Crippen LogP contribution is -2.31. The summed E-state index contributed by atoms with van der Waals surface area (Å²) in [7, 11) is 0. The van der Waals surface area contributed by atoms with Crippen LogP contribution in [0, 0.1) is 0 Å². The first-order chi connectivity index (χ1) is 7.34. The highest BCUT2D eigenvalue weighted by molar-refractivity contribution is 5.13. The second-order valence-electron chi connectivity index (χ2n) is 3.78. The number of rotatable bonds is 3. The van der Waals surface area contributed by atoms with Crippen molar-refractivity contribution in [3.05, 3.63) is 35.9 Å². The topological polar surface area (TPSA) is 38.7 Å². The third kappa shape index (κ3) is 3.30. The Bertz CT molecular complexity index is 278. The number of hydrogen-bond donors (Lipinski definition) is 1. The summed E-state index contributed by atoms with van der Waals surface area (Å²) in [5.74, 6) is 0. The van der Waals surface area contributed by atoms with Gasteiger partial charge in [0.2, 0.25) is 0 Å². The molecule has 0 aromatic heterocycles. The molecule has 0 radical (unpaired) electrons. The number of hydrogen-bond acceptors (Lipinski definition) is 3. The fourth-order valence-electron chi connectivity index (χ4n) is 1.63. The maximum absolute atomic E-state index is 9.13. The molecular weight excluding hydrogens is 192 g/mol. The molecule has 1 aromatic carbocycles. The van der Waals surface area contributed by atoms with Crippen LogP contribution in [0.15, 0.2) is 30.3 Å². The summed E-state index contributed by atoms with van der Waals surface area (Å²) in [6.45, 7) is 1.11. The van der Waals surface area contributed by atoms with Crippen molar-refractivity contribution in [2.45, 2.75) is 31.8 Å². The van der Waals surface area contributed by atoms with Crippen molar-refractivity contribution >= 4 is 0 Å². The Labute approximate surface area is 89.6 Å². The van der Waals surface area contributed by atoms with Gasteiger partial charge in [-0.25, -0.2) is 0 Å². The molecule has 3 nitrogen and oxygen atoms in total. The zero-order valence-corrected chi connectivity index (χ0v) is 8.63. The van der Waals surface area contributed by atoms with Crippen LogP contribution >= 0.6 is 0 Å². The van der Waals surface area contributed by atoms with Crippen molar-refractivity contribution in [2.24, 2.45) is 0 Å². The first-order valence-electron chi connectivity index (χ1n) is 5.30. The van der Waals surface area contributed by atoms with Crippen LogP contribution in [0.25, 0.3) is 0 Å². The molecule has 15 heavy (non-hydrogen) atoms. The van der Waals surface area contributed by atoms with E-state index in [1.807, 2.05) is 30.3 Å². The van der Waals surface area contributed by atoms with E-state index in [2.05, 4.69) is 0 Å². The average Bonchev–Trinajstić information content (AvgIpc) is 2.30. The SMILES string of the molecule is O[C@@H]1CC[C@H](OCc2ccccc2)CO1. The van der Waals surface area contributed by atoms with E-state index in [9.17, 15) is 0 Å². The van der Waals surface area contributed by atoms with E-state index in [1.165, 1.54) is 5.56 Å². The van der Waals surface area contributed by atoms with Gasteiger partial charge >= 0.3 is 0 Å². The first kappa shape index (κ1) is 10.6. The van der Waals surface area contributed by atoms with Gasteiger partial charge in [0.25, 0.3) is 0 Å². The van der Waals surface area contributed by atoms with Gasteiger partial charge in [0.15, 0.2) is 6.29 Å². The minimum Gasteiger partial charge on any atom is -0.371 e. The van der Waals surface area contributed by atoms with Gasteiger partial charge in [-0.3, -0.25) is 0 Å². The summed E-state index contributed by atoms with van der Waals surface area (Å²) < 4.78 is 10.8. The van der Waals surface area contributed by atoms with Crippen molar-refractivity contribution in [2.75, 3.05) is 6.61 Å². The van der Waals surface area contributed by atoms with Crippen molar-refractivity contribution in [3.8, 4) is 0 Å². The largest absolute Gasteiger partial charge is 0.371 e. The van der Waals surface area contributed by atoms with Crippen LogP contribution in [0.4, 0.5) is 0 Å². The molecule has 0 saturated carbocycles.